The van der Waals surface area contributed by atoms with Crippen molar-refractivity contribution in [2.75, 3.05) is 13.6 Å². The molecule has 1 aromatic heterocycles. The van der Waals surface area contributed by atoms with E-state index < -0.39 is 0 Å². The maximum absolute atomic E-state index is 4.25. The van der Waals surface area contributed by atoms with Crippen molar-refractivity contribution in [3.8, 4) is 0 Å². The summed E-state index contributed by atoms with van der Waals surface area (Å²) in [6, 6.07) is 8.86. The predicted octanol–water partition coefficient (Wildman–Crippen LogP) is 2.95. The van der Waals surface area contributed by atoms with Crippen molar-refractivity contribution in [3.05, 3.63) is 47.0 Å². The average Bonchev–Trinajstić information content (AvgIpc) is 2.89. The van der Waals surface area contributed by atoms with Crippen molar-refractivity contribution in [2.45, 2.75) is 46.1 Å². The number of aryl methyl sites for hydroxylation is 1. The largest absolute Gasteiger partial charge is 0.356 e. The van der Waals surface area contributed by atoms with Gasteiger partial charge in [-0.1, -0.05) is 45.0 Å². The van der Waals surface area contributed by atoms with Crippen LogP contribution in [0.4, 0.5) is 0 Å². The van der Waals surface area contributed by atoms with Crippen LogP contribution in [0.25, 0.3) is 0 Å². The lowest BCUT2D eigenvalue weighted by Crippen LogP contribution is -2.38. The molecule has 1 aromatic carbocycles. The van der Waals surface area contributed by atoms with Crippen molar-refractivity contribution in [1.29, 1.82) is 0 Å². The quantitative estimate of drug-likeness (QED) is 0.401. The monoisotopic (exact) mass is 470 g/mol. The van der Waals surface area contributed by atoms with E-state index >= 15 is 0 Å². The van der Waals surface area contributed by atoms with Crippen LogP contribution in [-0.2, 0) is 25.4 Å². The van der Waals surface area contributed by atoms with Gasteiger partial charge in [0.25, 0.3) is 0 Å². The summed E-state index contributed by atoms with van der Waals surface area (Å²) in [5.41, 5.74) is 2.88. The van der Waals surface area contributed by atoms with Crippen LogP contribution in [0.3, 0.4) is 0 Å². The summed E-state index contributed by atoms with van der Waals surface area (Å²) in [5, 5.41) is 14.8. The van der Waals surface area contributed by atoms with E-state index in [0.717, 1.165) is 30.6 Å². The number of aromatic nitrogens is 3. The third kappa shape index (κ3) is 6.26. The number of rotatable bonds is 5. The van der Waals surface area contributed by atoms with Gasteiger partial charge in [-0.3, -0.25) is 4.99 Å². The molecule has 7 heteroatoms. The second-order valence-corrected chi connectivity index (χ2v) is 7.27. The number of guanidine groups is 1. The molecule has 0 bridgehead atoms. The summed E-state index contributed by atoms with van der Waals surface area (Å²) >= 11 is 0. The highest BCUT2D eigenvalue weighted by Crippen LogP contribution is 2.22. The molecular formula is C19H31IN6. The van der Waals surface area contributed by atoms with Gasteiger partial charge in [-0.05, 0) is 29.9 Å². The molecule has 0 radical (unpaired) electrons. The zero-order valence-corrected chi connectivity index (χ0v) is 19.0. The Labute approximate surface area is 173 Å². The predicted molar refractivity (Wildman–Crippen MR) is 118 cm³/mol. The van der Waals surface area contributed by atoms with Gasteiger partial charge in [-0.15, -0.1) is 34.2 Å². The van der Waals surface area contributed by atoms with Crippen molar-refractivity contribution in [2.24, 2.45) is 12.0 Å². The molecule has 6 nitrogen and oxygen atoms in total. The number of hydrogen-bond acceptors (Lipinski definition) is 3. The van der Waals surface area contributed by atoms with Crippen molar-refractivity contribution < 1.29 is 0 Å². The maximum Gasteiger partial charge on any atom is 0.191 e. The van der Waals surface area contributed by atoms with Gasteiger partial charge in [0.05, 0.1) is 6.54 Å². The number of hydrogen-bond donors (Lipinski definition) is 2. The van der Waals surface area contributed by atoms with Crippen LogP contribution in [0.2, 0.25) is 0 Å². The van der Waals surface area contributed by atoms with Crippen molar-refractivity contribution in [1.82, 2.24) is 25.4 Å². The molecule has 144 valence electrons. The molecule has 0 saturated heterocycles. The number of nitrogens with zero attached hydrogens (tertiary/aromatic N) is 4. The van der Waals surface area contributed by atoms with E-state index in [-0.39, 0.29) is 29.4 Å². The minimum Gasteiger partial charge on any atom is -0.356 e. The molecule has 0 aliphatic carbocycles. The molecular weight excluding hydrogens is 439 g/mol. The molecule has 0 atom stereocenters. The average molecular weight is 470 g/mol. The molecule has 0 aliphatic rings. The Kier molecular flexibility index (Phi) is 8.52. The minimum absolute atomic E-state index is 0. The lowest BCUT2D eigenvalue weighted by molar-refractivity contribution is 0.590. The Morgan fingerprint density at radius 3 is 2.27 bits per heavy atom. The fraction of sp³-hybridized carbons (Fsp3) is 0.526. The van der Waals surface area contributed by atoms with Crippen LogP contribution in [-0.4, -0.2) is 34.3 Å². The highest BCUT2D eigenvalue weighted by molar-refractivity contribution is 14.0. The number of halogens is 1. The van der Waals surface area contributed by atoms with Gasteiger partial charge in [0, 0.05) is 20.6 Å². The van der Waals surface area contributed by atoms with Crippen LogP contribution < -0.4 is 10.6 Å². The molecule has 2 rings (SSSR count). The normalized spacial score (nSPS) is 11.8. The number of benzene rings is 1. The summed E-state index contributed by atoms with van der Waals surface area (Å²) in [4.78, 5) is 4.25. The Morgan fingerprint density at radius 2 is 1.77 bits per heavy atom. The van der Waals surface area contributed by atoms with E-state index in [1.807, 2.05) is 18.5 Å². The van der Waals surface area contributed by atoms with Gasteiger partial charge in [-0.25, -0.2) is 0 Å². The molecule has 0 amide bonds. The highest BCUT2D eigenvalue weighted by atomic mass is 127. The minimum atomic E-state index is 0. The Bertz CT molecular complexity index is 713. The molecule has 2 aromatic rings. The van der Waals surface area contributed by atoms with Crippen molar-refractivity contribution in [3.63, 3.8) is 0 Å². The van der Waals surface area contributed by atoms with E-state index in [0.29, 0.717) is 6.54 Å². The van der Waals surface area contributed by atoms with Gasteiger partial charge >= 0.3 is 0 Å². The lowest BCUT2D eigenvalue weighted by atomic mass is 9.86. The Hall–Kier alpha value is -1.64. The fourth-order valence-corrected chi connectivity index (χ4v) is 2.48. The van der Waals surface area contributed by atoms with Crippen LogP contribution >= 0.6 is 24.0 Å². The summed E-state index contributed by atoms with van der Waals surface area (Å²) in [5.74, 6) is 2.56. The standard InChI is InChI=1S/C19H30N6.HI/c1-14-23-24-17(25(14)6)13-22-18(20-5)21-12-11-15-7-9-16(10-8-15)19(2,3)4;/h7-10H,11-13H2,1-6H3,(H2,20,21,22);1H. The molecule has 0 saturated carbocycles. The first-order chi connectivity index (χ1) is 11.8. The first-order valence-corrected chi connectivity index (χ1v) is 8.70. The summed E-state index contributed by atoms with van der Waals surface area (Å²) in [7, 11) is 3.74. The molecule has 0 fully saturated rings. The summed E-state index contributed by atoms with van der Waals surface area (Å²) < 4.78 is 1.97. The van der Waals surface area contributed by atoms with E-state index in [4.69, 9.17) is 0 Å². The van der Waals surface area contributed by atoms with Gasteiger partial charge < -0.3 is 15.2 Å². The Balaban J connectivity index is 0.00000338. The summed E-state index contributed by atoms with van der Waals surface area (Å²) in [6.07, 6.45) is 0.953. The van der Waals surface area contributed by atoms with Crippen LogP contribution in [0.1, 0.15) is 43.5 Å². The van der Waals surface area contributed by atoms with Crippen LogP contribution in [0, 0.1) is 6.92 Å². The first-order valence-electron chi connectivity index (χ1n) is 8.70. The maximum atomic E-state index is 4.25. The van der Waals surface area contributed by atoms with E-state index in [1.165, 1.54) is 11.1 Å². The second-order valence-electron chi connectivity index (χ2n) is 7.27. The van der Waals surface area contributed by atoms with Gasteiger partial charge in [0.15, 0.2) is 11.8 Å². The van der Waals surface area contributed by atoms with Crippen LogP contribution in [0.5, 0.6) is 0 Å². The molecule has 26 heavy (non-hydrogen) atoms. The zero-order valence-electron chi connectivity index (χ0n) is 16.6. The molecule has 1 heterocycles. The Morgan fingerprint density at radius 1 is 1.12 bits per heavy atom. The third-order valence-electron chi connectivity index (χ3n) is 4.35. The number of nitrogens with one attached hydrogen (secondary N) is 2. The molecule has 2 N–H and O–H groups in total. The summed E-state index contributed by atoms with van der Waals surface area (Å²) in [6.45, 7) is 10.1. The first kappa shape index (κ1) is 22.4. The SMILES string of the molecule is CN=C(NCCc1ccc(C(C)(C)C)cc1)NCc1nnc(C)n1C.I. The fourth-order valence-electron chi connectivity index (χ4n) is 2.48. The molecule has 0 unspecified atom stereocenters. The number of aliphatic imine (C=N–C) groups is 1. The zero-order chi connectivity index (χ0) is 18.4. The van der Waals surface area contributed by atoms with Crippen LogP contribution in [0.15, 0.2) is 29.3 Å². The van der Waals surface area contributed by atoms with Gasteiger partial charge in [0.2, 0.25) is 0 Å². The van der Waals surface area contributed by atoms with Crippen molar-refractivity contribution >= 4 is 29.9 Å². The third-order valence-corrected chi connectivity index (χ3v) is 4.35. The van der Waals surface area contributed by atoms with E-state index in [9.17, 15) is 0 Å². The van der Waals surface area contributed by atoms with Gasteiger partial charge in [-0.2, -0.15) is 0 Å². The topological polar surface area (TPSA) is 67.1 Å². The van der Waals surface area contributed by atoms with Gasteiger partial charge in [0.1, 0.15) is 5.82 Å². The van der Waals surface area contributed by atoms with E-state index in [1.54, 1.807) is 7.05 Å². The highest BCUT2D eigenvalue weighted by Gasteiger charge is 2.12. The lowest BCUT2D eigenvalue weighted by Gasteiger charge is -2.19. The smallest absolute Gasteiger partial charge is 0.191 e. The molecule has 0 spiro atoms. The van der Waals surface area contributed by atoms with E-state index in [2.05, 4.69) is 70.9 Å². The second kappa shape index (κ2) is 9.89. The molecule has 0 aliphatic heterocycles.